The van der Waals surface area contributed by atoms with E-state index in [1.54, 1.807) is 28.0 Å². The average molecular weight is 729 g/mol. The number of hydrogen-bond acceptors (Lipinski definition) is 7. The van der Waals surface area contributed by atoms with Crippen LogP contribution in [0.15, 0.2) is 87.5 Å². The van der Waals surface area contributed by atoms with Crippen LogP contribution in [-0.2, 0) is 30.8 Å². The molecule has 0 aliphatic carbocycles. The van der Waals surface area contributed by atoms with E-state index in [2.05, 4.69) is 4.72 Å². The smallest absolute Gasteiger partial charge is 0.378 e. The van der Waals surface area contributed by atoms with Crippen molar-refractivity contribution < 1.29 is 39.6 Å². The van der Waals surface area contributed by atoms with E-state index in [1.165, 1.54) is 24.3 Å². The number of carbonyl (C=O) groups excluding carboxylic acids is 2. The summed E-state index contributed by atoms with van der Waals surface area (Å²) in [7, 11) is -5.38. The van der Waals surface area contributed by atoms with Crippen LogP contribution >= 0.6 is 12.4 Å². The van der Waals surface area contributed by atoms with E-state index in [0.717, 1.165) is 11.8 Å². The van der Waals surface area contributed by atoms with E-state index in [-0.39, 0.29) is 55.0 Å². The number of nitrogens with one attached hydrogen (secondary N) is 1. The Balaban J connectivity index is 0.00000520. The normalized spacial score (nSPS) is 17.6. The lowest BCUT2D eigenvalue weighted by Crippen LogP contribution is -2.52. The van der Waals surface area contributed by atoms with Gasteiger partial charge in [-0.15, -0.1) is 12.4 Å². The molecule has 2 heterocycles. The molecule has 3 aromatic carbocycles. The summed E-state index contributed by atoms with van der Waals surface area (Å²) in [6, 6.07) is 14.3. The number of sulfone groups is 1. The number of nitrogens with zero attached hydrogens (tertiary/aromatic N) is 3. The highest BCUT2D eigenvalue weighted by atomic mass is 35.5. The lowest BCUT2D eigenvalue weighted by Gasteiger charge is -2.35. The highest BCUT2D eigenvalue weighted by Gasteiger charge is 2.41. The van der Waals surface area contributed by atoms with Gasteiger partial charge in [0.05, 0.1) is 20.2 Å². The fourth-order valence-corrected chi connectivity index (χ4v) is 8.85. The first-order valence-corrected chi connectivity index (χ1v) is 18.0. The fourth-order valence-electron chi connectivity index (χ4n) is 5.91. The SMILES string of the molecule is CN(C)c1ccc(C(=O)N2CCC[C@H]2C(=O)N2CCC(NS(=O)(=O)c3cc(S(=O)(=O)c4ccccc4)ccc3C(F)(F)F)CC2)cc1.Cl. The van der Waals surface area contributed by atoms with Crippen molar-refractivity contribution in [3.8, 4) is 0 Å². The molecule has 0 unspecified atom stereocenters. The van der Waals surface area contributed by atoms with Gasteiger partial charge in [0.25, 0.3) is 5.91 Å². The maximum atomic E-state index is 13.9. The Labute approximate surface area is 284 Å². The van der Waals surface area contributed by atoms with Gasteiger partial charge in [-0.2, -0.15) is 13.2 Å². The molecular weight excluding hydrogens is 693 g/mol. The van der Waals surface area contributed by atoms with Crippen LogP contribution in [-0.4, -0.2) is 84.3 Å². The Morgan fingerprint density at radius 1 is 0.833 bits per heavy atom. The molecule has 10 nitrogen and oxygen atoms in total. The minimum atomic E-state index is -5.08. The summed E-state index contributed by atoms with van der Waals surface area (Å²) in [5, 5.41) is 0. The average Bonchev–Trinajstić information content (AvgIpc) is 3.54. The van der Waals surface area contributed by atoms with E-state index < -0.39 is 53.5 Å². The van der Waals surface area contributed by atoms with Gasteiger partial charge in [0.2, 0.25) is 25.8 Å². The van der Waals surface area contributed by atoms with Gasteiger partial charge in [0, 0.05) is 51.0 Å². The summed E-state index contributed by atoms with van der Waals surface area (Å²) in [6.45, 7) is 0.662. The second-order valence-corrected chi connectivity index (χ2v) is 15.4. The van der Waals surface area contributed by atoms with Gasteiger partial charge in [-0.3, -0.25) is 9.59 Å². The zero-order valence-electron chi connectivity index (χ0n) is 26.2. The van der Waals surface area contributed by atoms with Gasteiger partial charge in [-0.05, 0) is 80.3 Å². The minimum absolute atomic E-state index is 0. The van der Waals surface area contributed by atoms with Crippen molar-refractivity contribution in [3.05, 3.63) is 83.9 Å². The van der Waals surface area contributed by atoms with Crippen LogP contribution in [0.5, 0.6) is 0 Å². The number of carbonyl (C=O) groups is 2. The minimum Gasteiger partial charge on any atom is -0.378 e. The van der Waals surface area contributed by atoms with Gasteiger partial charge >= 0.3 is 6.18 Å². The van der Waals surface area contributed by atoms with Gasteiger partial charge in [-0.25, -0.2) is 21.6 Å². The monoisotopic (exact) mass is 728 g/mol. The van der Waals surface area contributed by atoms with Crippen LogP contribution in [0.4, 0.5) is 18.9 Å². The predicted molar refractivity (Wildman–Crippen MR) is 175 cm³/mol. The van der Waals surface area contributed by atoms with Crippen LogP contribution < -0.4 is 9.62 Å². The van der Waals surface area contributed by atoms with Gasteiger partial charge < -0.3 is 14.7 Å². The molecule has 2 saturated heterocycles. The molecular formula is C32H36ClF3N4O6S2. The molecule has 2 amide bonds. The Bertz CT molecular complexity index is 1850. The van der Waals surface area contributed by atoms with E-state index in [4.69, 9.17) is 0 Å². The fraction of sp³-hybridized carbons (Fsp3) is 0.375. The zero-order chi connectivity index (χ0) is 34.1. The quantitative estimate of drug-likeness (QED) is 0.360. The maximum absolute atomic E-state index is 13.9. The number of rotatable bonds is 8. The second kappa shape index (κ2) is 14.4. The van der Waals surface area contributed by atoms with Crippen LogP contribution in [0.3, 0.4) is 0 Å². The number of hydrogen-bond donors (Lipinski definition) is 1. The van der Waals surface area contributed by atoms with Gasteiger partial charge in [-0.1, -0.05) is 18.2 Å². The Morgan fingerprint density at radius 3 is 2.04 bits per heavy atom. The first-order valence-electron chi connectivity index (χ1n) is 15.0. The number of amides is 2. The molecule has 5 rings (SSSR count). The molecule has 260 valence electrons. The number of halogens is 4. The molecule has 1 atom stereocenters. The molecule has 16 heteroatoms. The molecule has 3 aromatic rings. The highest BCUT2D eigenvalue weighted by Crippen LogP contribution is 2.37. The molecule has 2 fully saturated rings. The van der Waals surface area contributed by atoms with E-state index >= 15 is 0 Å². The lowest BCUT2D eigenvalue weighted by molar-refractivity contribution is -0.140. The molecule has 0 saturated carbocycles. The molecule has 0 bridgehead atoms. The van der Waals surface area contributed by atoms with Crippen LogP contribution in [0, 0.1) is 0 Å². The third-order valence-corrected chi connectivity index (χ3v) is 11.8. The zero-order valence-corrected chi connectivity index (χ0v) is 28.6. The molecule has 0 radical (unpaired) electrons. The van der Waals surface area contributed by atoms with Crippen molar-refractivity contribution in [1.82, 2.24) is 14.5 Å². The molecule has 1 N–H and O–H groups in total. The Morgan fingerprint density at radius 2 is 1.46 bits per heavy atom. The second-order valence-electron chi connectivity index (χ2n) is 11.8. The largest absolute Gasteiger partial charge is 0.417 e. The first-order chi connectivity index (χ1) is 22.1. The van der Waals surface area contributed by atoms with Crippen molar-refractivity contribution in [3.63, 3.8) is 0 Å². The van der Waals surface area contributed by atoms with Crippen molar-refractivity contribution in [2.75, 3.05) is 38.6 Å². The summed E-state index contributed by atoms with van der Waals surface area (Å²) >= 11 is 0. The van der Waals surface area contributed by atoms with Crippen LogP contribution in [0.2, 0.25) is 0 Å². The van der Waals surface area contributed by atoms with Gasteiger partial charge in [0.15, 0.2) is 0 Å². The van der Waals surface area contributed by atoms with Crippen LogP contribution in [0.1, 0.15) is 41.6 Å². The summed E-state index contributed by atoms with van der Waals surface area (Å²) in [4.78, 5) is 29.8. The summed E-state index contributed by atoms with van der Waals surface area (Å²) in [5.41, 5.74) is -0.108. The van der Waals surface area contributed by atoms with Crippen molar-refractivity contribution in [1.29, 1.82) is 0 Å². The van der Waals surface area contributed by atoms with Crippen molar-refractivity contribution in [2.45, 2.75) is 58.6 Å². The molecule has 48 heavy (non-hydrogen) atoms. The third-order valence-electron chi connectivity index (χ3n) is 8.47. The Hall–Kier alpha value is -3.66. The summed E-state index contributed by atoms with van der Waals surface area (Å²) in [5.74, 6) is -0.522. The highest BCUT2D eigenvalue weighted by molar-refractivity contribution is 7.91. The van der Waals surface area contributed by atoms with Crippen molar-refractivity contribution >= 4 is 49.8 Å². The maximum Gasteiger partial charge on any atom is 0.417 e. The number of piperidine rings is 1. The van der Waals surface area contributed by atoms with Crippen LogP contribution in [0.25, 0.3) is 0 Å². The summed E-state index contributed by atoms with van der Waals surface area (Å²) < 4.78 is 97.0. The number of sulfonamides is 1. The van der Waals surface area contributed by atoms with Crippen molar-refractivity contribution in [2.24, 2.45) is 0 Å². The number of benzene rings is 3. The number of alkyl halides is 3. The number of anilines is 1. The van der Waals surface area contributed by atoms with E-state index in [9.17, 15) is 39.6 Å². The third kappa shape index (κ3) is 7.80. The molecule has 2 aliphatic heterocycles. The summed E-state index contributed by atoms with van der Waals surface area (Å²) in [6.07, 6.45) is -3.72. The predicted octanol–water partition coefficient (Wildman–Crippen LogP) is 4.60. The molecule has 0 aromatic heterocycles. The van der Waals surface area contributed by atoms with E-state index in [1.807, 2.05) is 31.1 Å². The first kappa shape index (κ1) is 37.2. The van der Waals surface area contributed by atoms with Gasteiger partial charge in [0.1, 0.15) is 6.04 Å². The van der Waals surface area contributed by atoms with E-state index in [0.29, 0.717) is 37.1 Å². The standard InChI is InChI=1S/C32H35F3N4O6S2.ClH/c1-37(2)24-12-10-22(11-13-24)30(40)39-18-6-9-28(39)31(41)38-19-16-23(17-20-38)36-47(44,45)29-21-26(14-15-27(29)32(33,34)35)46(42,43)25-7-4-3-5-8-25;/h3-5,7-8,10-15,21,23,28,36H,6,9,16-20H2,1-2H3;1H/t28-;/m0./s1. The topological polar surface area (TPSA) is 124 Å². The Kier molecular flexibility index (Phi) is 11.2. The molecule has 0 spiro atoms. The lowest BCUT2D eigenvalue weighted by atomic mass is 10.0. The molecule has 2 aliphatic rings. The number of likely N-dealkylation sites (tertiary alicyclic amines) is 2.